The van der Waals surface area contributed by atoms with E-state index in [9.17, 15) is 4.79 Å². The third-order valence-electron chi connectivity index (χ3n) is 3.12. The van der Waals surface area contributed by atoms with Gasteiger partial charge in [0.05, 0.1) is 7.11 Å². The fourth-order valence-corrected chi connectivity index (χ4v) is 1.95. The molecule has 0 fully saturated rings. The Morgan fingerprint density at radius 1 is 1.26 bits per heavy atom. The number of amides is 1. The number of hydrogen-bond donors (Lipinski definition) is 1. The van der Waals surface area contributed by atoms with Crippen LogP contribution in [0, 0.1) is 0 Å². The van der Waals surface area contributed by atoms with Crippen LogP contribution in [0.3, 0.4) is 0 Å². The summed E-state index contributed by atoms with van der Waals surface area (Å²) in [4.78, 5) is 15.9. The van der Waals surface area contributed by atoms with Crippen LogP contribution in [0.4, 0.5) is 0 Å². The number of hydrogen-bond acceptors (Lipinski definition) is 6. The van der Waals surface area contributed by atoms with Crippen molar-refractivity contribution in [2.45, 2.75) is 6.54 Å². The number of methoxy groups -OCH3 is 1. The van der Waals surface area contributed by atoms with Crippen LogP contribution in [0.2, 0.25) is 0 Å². The molecule has 1 amide bonds. The van der Waals surface area contributed by atoms with Crippen LogP contribution in [0.25, 0.3) is 5.82 Å². The maximum Gasteiger partial charge on any atom is 0.272 e. The minimum absolute atomic E-state index is 0.233. The Kier molecular flexibility index (Phi) is 4.23. The van der Waals surface area contributed by atoms with Crippen molar-refractivity contribution < 1.29 is 9.53 Å². The number of nitrogens with zero attached hydrogens (tertiary/aromatic N) is 5. The lowest BCUT2D eigenvalue weighted by molar-refractivity contribution is 0.0945. The minimum atomic E-state index is -0.300. The van der Waals surface area contributed by atoms with Crippen molar-refractivity contribution in [3.05, 3.63) is 60.3 Å². The van der Waals surface area contributed by atoms with Crippen LogP contribution in [0.15, 0.2) is 49.1 Å². The van der Waals surface area contributed by atoms with Crippen molar-refractivity contribution in [3.63, 3.8) is 0 Å². The number of aromatic nitrogens is 5. The molecule has 8 heteroatoms. The molecule has 0 spiro atoms. The third kappa shape index (κ3) is 3.49. The molecule has 0 aliphatic carbocycles. The molecule has 0 unspecified atom stereocenters. The molecule has 1 N–H and O–H groups in total. The minimum Gasteiger partial charge on any atom is -0.497 e. The SMILES string of the molecule is COc1cccc(CNC(=O)c2ccc(-n3cncn3)nn2)c1. The normalized spacial score (nSPS) is 10.3. The molecule has 0 saturated carbocycles. The fourth-order valence-electron chi connectivity index (χ4n) is 1.95. The van der Waals surface area contributed by atoms with E-state index >= 15 is 0 Å². The van der Waals surface area contributed by atoms with Crippen LogP contribution < -0.4 is 10.1 Å². The largest absolute Gasteiger partial charge is 0.497 e. The molecule has 0 aliphatic rings. The average molecular weight is 310 g/mol. The molecule has 2 aromatic heterocycles. The van der Waals surface area contributed by atoms with Gasteiger partial charge in [-0.1, -0.05) is 12.1 Å². The Morgan fingerprint density at radius 3 is 2.87 bits per heavy atom. The zero-order valence-electron chi connectivity index (χ0n) is 12.4. The second kappa shape index (κ2) is 6.65. The van der Waals surface area contributed by atoms with Crippen LogP contribution >= 0.6 is 0 Å². The van der Waals surface area contributed by atoms with E-state index in [2.05, 4.69) is 25.6 Å². The molecular formula is C15H14N6O2. The maximum absolute atomic E-state index is 12.1. The topological polar surface area (TPSA) is 94.8 Å². The van der Waals surface area contributed by atoms with Crippen molar-refractivity contribution in [2.75, 3.05) is 7.11 Å². The quantitative estimate of drug-likeness (QED) is 0.755. The molecule has 1 aromatic carbocycles. The maximum atomic E-state index is 12.1. The summed E-state index contributed by atoms with van der Waals surface area (Å²) in [5.41, 5.74) is 1.17. The van der Waals surface area contributed by atoms with E-state index in [0.717, 1.165) is 11.3 Å². The Bertz CT molecular complexity index is 786. The summed E-state index contributed by atoms with van der Waals surface area (Å²) in [5, 5.41) is 14.6. The lowest BCUT2D eigenvalue weighted by atomic mass is 10.2. The van der Waals surface area contributed by atoms with E-state index in [-0.39, 0.29) is 11.6 Å². The van der Waals surface area contributed by atoms with Gasteiger partial charge >= 0.3 is 0 Å². The number of rotatable bonds is 5. The first-order valence-electron chi connectivity index (χ1n) is 6.86. The van der Waals surface area contributed by atoms with Gasteiger partial charge in [-0.05, 0) is 29.8 Å². The zero-order chi connectivity index (χ0) is 16.1. The highest BCUT2D eigenvalue weighted by molar-refractivity contribution is 5.92. The average Bonchev–Trinajstić information content (AvgIpc) is 3.14. The molecule has 0 saturated heterocycles. The molecule has 3 aromatic rings. The van der Waals surface area contributed by atoms with Gasteiger partial charge in [-0.2, -0.15) is 5.10 Å². The molecule has 0 aliphatic heterocycles. The third-order valence-corrected chi connectivity index (χ3v) is 3.12. The van der Waals surface area contributed by atoms with Gasteiger partial charge in [0, 0.05) is 6.54 Å². The summed E-state index contributed by atoms with van der Waals surface area (Å²) in [6, 6.07) is 10.7. The van der Waals surface area contributed by atoms with Crippen molar-refractivity contribution in [3.8, 4) is 11.6 Å². The number of benzene rings is 1. The molecule has 23 heavy (non-hydrogen) atoms. The standard InChI is InChI=1S/C15H14N6O2/c1-23-12-4-2-3-11(7-12)8-17-15(22)13-5-6-14(20-19-13)21-10-16-9-18-21/h2-7,9-10H,8H2,1H3,(H,17,22). The molecule has 8 nitrogen and oxygen atoms in total. The molecular weight excluding hydrogens is 296 g/mol. The second-order valence-corrected chi connectivity index (χ2v) is 4.65. The highest BCUT2D eigenvalue weighted by atomic mass is 16.5. The molecule has 3 rings (SSSR count). The summed E-state index contributed by atoms with van der Waals surface area (Å²) >= 11 is 0. The molecule has 2 heterocycles. The van der Waals surface area contributed by atoms with E-state index in [1.54, 1.807) is 19.2 Å². The van der Waals surface area contributed by atoms with Crippen molar-refractivity contribution in [1.29, 1.82) is 0 Å². The van der Waals surface area contributed by atoms with Gasteiger partial charge in [-0.25, -0.2) is 9.67 Å². The summed E-state index contributed by atoms with van der Waals surface area (Å²) in [6.07, 6.45) is 2.91. The smallest absolute Gasteiger partial charge is 0.272 e. The van der Waals surface area contributed by atoms with Crippen LogP contribution in [0.1, 0.15) is 16.1 Å². The first-order chi connectivity index (χ1) is 11.3. The van der Waals surface area contributed by atoms with E-state index < -0.39 is 0 Å². The van der Waals surface area contributed by atoms with E-state index in [1.165, 1.54) is 17.3 Å². The summed E-state index contributed by atoms with van der Waals surface area (Å²) in [7, 11) is 1.60. The van der Waals surface area contributed by atoms with E-state index in [4.69, 9.17) is 4.74 Å². The van der Waals surface area contributed by atoms with Crippen LogP contribution in [-0.4, -0.2) is 38.0 Å². The molecule has 0 radical (unpaired) electrons. The predicted octanol–water partition coefficient (Wildman–Crippen LogP) is 0.996. The first kappa shape index (κ1) is 14.6. The number of carbonyl (C=O) groups excluding carboxylic acids is 1. The zero-order valence-corrected chi connectivity index (χ0v) is 12.4. The Labute approximate surface area is 132 Å². The summed E-state index contributed by atoms with van der Waals surface area (Å²) in [6.45, 7) is 0.378. The Balaban J connectivity index is 1.64. The molecule has 116 valence electrons. The highest BCUT2D eigenvalue weighted by Crippen LogP contribution is 2.12. The van der Waals surface area contributed by atoms with Gasteiger partial charge in [0.2, 0.25) is 0 Å². The van der Waals surface area contributed by atoms with Gasteiger partial charge < -0.3 is 10.1 Å². The Morgan fingerprint density at radius 2 is 2.17 bits per heavy atom. The van der Waals surface area contributed by atoms with Gasteiger partial charge in [-0.3, -0.25) is 4.79 Å². The van der Waals surface area contributed by atoms with E-state index in [1.807, 2.05) is 24.3 Å². The Hall–Kier alpha value is -3.29. The second-order valence-electron chi connectivity index (χ2n) is 4.65. The lowest BCUT2D eigenvalue weighted by Crippen LogP contribution is -2.24. The van der Waals surface area contributed by atoms with Gasteiger partial charge in [-0.15, -0.1) is 10.2 Å². The van der Waals surface area contributed by atoms with Crippen molar-refractivity contribution in [2.24, 2.45) is 0 Å². The van der Waals surface area contributed by atoms with Gasteiger partial charge in [0.1, 0.15) is 18.4 Å². The van der Waals surface area contributed by atoms with Gasteiger partial charge in [0.15, 0.2) is 11.5 Å². The van der Waals surface area contributed by atoms with E-state index in [0.29, 0.717) is 12.4 Å². The number of nitrogens with one attached hydrogen (secondary N) is 1. The summed E-state index contributed by atoms with van der Waals surface area (Å²) in [5.74, 6) is 0.936. The molecule has 0 atom stereocenters. The highest BCUT2D eigenvalue weighted by Gasteiger charge is 2.09. The predicted molar refractivity (Wildman–Crippen MR) is 81.1 cm³/mol. The van der Waals surface area contributed by atoms with Crippen LogP contribution in [0.5, 0.6) is 5.75 Å². The van der Waals surface area contributed by atoms with Crippen molar-refractivity contribution >= 4 is 5.91 Å². The lowest BCUT2D eigenvalue weighted by Gasteiger charge is -2.06. The fraction of sp³-hybridized carbons (Fsp3) is 0.133. The number of ether oxygens (including phenoxy) is 1. The van der Waals surface area contributed by atoms with Crippen molar-refractivity contribution in [1.82, 2.24) is 30.3 Å². The number of carbonyl (C=O) groups is 1. The monoisotopic (exact) mass is 310 g/mol. The van der Waals surface area contributed by atoms with Gasteiger partial charge in [0.25, 0.3) is 5.91 Å². The summed E-state index contributed by atoms with van der Waals surface area (Å²) < 4.78 is 6.61. The molecule has 0 bridgehead atoms. The van der Waals surface area contributed by atoms with Crippen LogP contribution in [-0.2, 0) is 6.54 Å². The first-order valence-corrected chi connectivity index (χ1v) is 6.86.